The van der Waals surface area contributed by atoms with E-state index in [4.69, 9.17) is 5.73 Å². The molecule has 0 aromatic carbocycles. The topological polar surface area (TPSA) is 100 Å². The molecule has 3 saturated heterocycles. The van der Waals surface area contributed by atoms with E-state index in [9.17, 15) is 9.59 Å². The predicted molar refractivity (Wildman–Crippen MR) is 101 cm³/mol. The Morgan fingerprint density at radius 3 is 3.08 bits per heavy atom. The second-order valence-electron chi connectivity index (χ2n) is 7.69. The summed E-state index contributed by atoms with van der Waals surface area (Å²) in [6.07, 6.45) is 5.24. The summed E-state index contributed by atoms with van der Waals surface area (Å²) >= 11 is 1.44. The number of hydrogen-bond acceptors (Lipinski definition) is 6. The average Bonchev–Trinajstić information content (AvgIpc) is 3.05. The lowest BCUT2D eigenvalue weighted by Crippen LogP contribution is -2.68. The zero-order chi connectivity index (χ0) is 18.1. The Labute approximate surface area is 157 Å². The number of hydrogen-bond donors (Lipinski definition) is 3. The molecule has 7 nitrogen and oxygen atoms in total. The van der Waals surface area contributed by atoms with Crippen molar-refractivity contribution in [1.82, 2.24) is 20.5 Å². The zero-order valence-corrected chi connectivity index (χ0v) is 15.8. The fourth-order valence-electron chi connectivity index (χ4n) is 4.87. The third-order valence-corrected chi connectivity index (χ3v) is 6.71. The molecule has 0 unspecified atom stereocenters. The molecule has 2 bridgehead atoms. The summed E-state index contributed by atoms with van der Waals surface area (Å²) < 4.78 is 0. The van der Waals surface area contributed by atoms with E-state index >= 15 is 0 Å². The number of carbonyl (C=O) groups excluding carboxylic acids is 2. The van der Waals surface area contributed by atoms with E-state index in [1.807, 2.05) is 10.3 Å². The molecule has 1 aromatic rings. The number of piperidine rings is 3. The first-order chi connectivity index (χ1) is 12.6. The number of nitrogen functional groups attached to an aromatic ring is 1. The van der Waals surface area contributed by atoms with E-state index in [0.29, 0.717) is 24.0 Å². The molecule has 4 atom stereocenters. The average molecular weight is 378 g/mol. The second kappa shape index (κ2) is 7.52. The van der Waals surface area contributed by atoms with Crippen molar-refractivity contribution in [2.75, 3.05) is 25.4 Å². The fourth-order valence-corrected chi connectivity index (χ4v) is 5.47. The van der Waals surface area contributed by atoms with Gasteiger partial charge in [-0.25, -0.2) is 4.98 Å². The molecule has 142 valence electrons. The number of rotatable bonds is 5. The van der Waals surface area contributed by atoms with Gasteiger partial charge in [0.25, 0.3) is 0 Å². The van der Waals surface area contributed by atoms with Crippen LogP contribution in [0.2, 0.25) is 0 Å². The number of aromatic nitrogens is 1. The van der Waals surface area contributed by atoms with Crippen LogP contribution in [0.15, 0.2) is 5.38 Å². The molecule has 3 aliphatic heterocycles. The largest absolute Gasteiger partial charge is 0.375 e. The number of carbonyl (C=O) groups is 2. The van der Waals surface area contributed by atoms with Crippen LogP contribution in [-0.2, 0) is 16.0 Å². The van der Waals surface area contributed by atoms with Crippen LogP contribution in [0.5, 0.6) is 0 Å². The number of nitrogens with zero attached hydrogens (tertiary/aromatic N) is 2. The molecule has 4 rings (SSSR count). The van der Waals surface area contributed by atoms with Gasteiger partial charge in [0.05, 0.1) is 5.69 Å². The summed E-state index contributed by atoms with van der Waals surface area (Å²) in [5, 5.41) is 9.09. The first kappa shape index (κ1) is 17.7. The molecular formula is C18H27N5O2S. The van der Waals surface area contributed by atoms with Crippen LogP contribution < -0.4 is 16.4 Å². The minimum absolute atomic E-state index is 0.00944. The Morgan fingerprint density at radius 2 is 2.27 bits per heavy atom. The molecular weight excluding hydrogens is 350 g/mol. The van der Waals surface area contributed by atoms with E-state index < -0.39 is 0 Å². The van der Waals surface area contributed by atoms with Gasteiger partial charge in [-0.3, -0.25) is 9.59 Å². The number of anilines is 1. The van der Waals surface area contributed by atoms with Crippen molar-refractivity contribution in [2.24, 2.45) is 11.8 Å². The first-order valence-electron chi connectivity index (χ1n) is 9.63. The van der Waals surface area contributed by atoms with Crippen LogP contribution in [0.1, 0.15) is 37.8 Å². The van der Waals surface area contributed by atoms with Crippen molar-refractivity contribution in [1.29, 1.82) is 0 Å². The van der Waals surface area contributed by atoms with Gasteiger partial charge < -0.3 is 21.3 Å². The third kappa shape index (κ3) is 3.44. The van der Waals surface area contributed by atoms with Crippen molar-refractivity contribution in [3.05, 3.63) is 11.1 Å². The van der Waals surface area contributed by atoms with Crippen LogP contribution >= 0.6 is 11.3 Å². The highest BCUT2D eigenvalue weighted by molar-refractivity contribution is 7.13. The molecule has 0 spiro atoms. The number of fused-ring (bicyclic) bond motifs is 4. The van der Waals surface area contributed by atoms with Crippen LogP contribution in [0, 0.1) is 11.8 Å². The summed E-state index contributed by atoms with van der Waals surface area (Å²) in [6.45, 7) is 2.39. The van der Waals surface area contributed by atoms with Gasteiger partial charge in [0.2, 0.25) is 11.8 Å². The van der Waals surface area contributed by atoms with E-state index in [0.717, 1.165) is 50.9 Å². The molecule has 3 fully saturated rings. The lowest BCUT2D eigenvalue weighted by atomic mass is 9.72. The Balaban J connectivity index is 1.37. The van der Waals surface area contributed by atoms with E-state index in [-0.39, 0.29) is 29.8 Å². The first-order valence-corrected chi connectivity index (χ1v) is 10.5. The SMILES string of the molecule is Nc1nc(CCCNC(=O)[C@H]2[C@@H]3CNC[C@@H](C3)[C@@H]3CCCC(=O)N32)cs1. The molecule has 0 aliphatic carbocycles. The van der Waals surface area contributed by atoms with E-state index in [2.05, 4.69) is 15.6 Å². The van der Waals surface area contributed by atoms with Crippen molar-refractivity contribution in [2.45, 2.75) is 50.6 Å². The van der Waals surface area contributed by atoms with Crippen molar-refractivity contribution in [3.8, 4) is 0 Å². The van der Waals surface area contributed by atoms with Gasteiger partial charge in [-0.15, -0.1) is 11.3 Å². The monoisotopic (exact) mass is 377 g/mol. The second-order valence-corrected chi connectivity index (χ2v) is 8.58. The number of nitrogens with two attached hydrogens (primary N) is 1. The van der Waals surface area contributed by atoms with Gasteiger partial charge in [0, 0.05) is 36.9 Å². The molecule has 1 aromatic heterocycles. The number of nitrogens with one attached hydrogen (secondary N) is 2. The summed E-state index contributed by atoms with van der Waals surface area (Å²) in [4.78, 5) is 31.7. The maximum absolute atomic E-state index is 12.9. The maximum atomic E-state index is 12.9. The van der Waals surface area contributed by atoms with E-state index in [1.54, 1.807) is 0 Å². The zero-order valence-electron chi connectivity index (χ0n) is 14.9. The minimum Gasteiger partial charge on any atom is -0.375 e. The smallest absolute Gasteiger partial charge is 0.243 e. The Morgan fingerprint density at radius 1 is 1.42 bits per heavy atom. The van der Waals surface area contributed by atoms with Gasteiger partial charge in [-0.1, -0.05) is 0 Å². The number of amides is 2. The minimum atomic E-state index is -0.313. The summed E-state index contributed by atoms with van der Waals surface area (Å²) in [5.74, 6) is 0.897. The van der Waals surface area contributed by atoms with Crippen LogP contribution in [-0.4, -0.2) is 53.4 Å². The van der Waals surface area contributed by atoms with Crippen molar-refractivity contribution in [3.63, 3.8) is 0 Å². The predicted octanol–water partition coefficient (Wildman–Crippen LogP) is 0.763. The fraction of sp³-hybridized carbons (Fsp3) is 0.722. The summed E-state index contributed by atoms with van der Waals surface area (Å²) in [5.41, 5.74) is 6.62. The Bertz CT molecular complexity index is 678. The van der Waals surface area contributed by atoms with Gasteiger partial charge in [0.1, 0.15) is 6.04 Å². The number of thiazole rings is 1. The highest BCUT2D eigenvalue weighted by atomic mass is 32.1. The Kier molecular flexibility index (Phi) is 5.13. The van der Waals surface area contributed by atoms with Crippen LogP contribution in [0.3, 0.4) is 0 Å². The van der Waals surface area contributed by atoms with Gasteiger partial charge in [-0.05, 0) is 44.6 Å². The molecule has 26 heavy (non-hydrogen) atoms. The Hall–Kier alpha value is -1.67. The van der Waals surface area contributed by atoms with Gasteiger partial charge in [0.15, 0.2) is 5.13 Å². The van der Waals surface area contributed by atoms with Crippen LogP contribution in [0.4, 0.5) is 5.13 Å². The van der Waals surface area contributed by atoms with Crippen molar-refractivity contribution >= 4 is 28.3 Å². The van der Waals surface area contributed by atoms with E-state index in [1.165, 1.54) is 11.3 Å². The van der Waals surface area contributed by atoms with Crippen LogP contribution in [0.25, 0.3) is 0 Å². The highest BCUT2D eigenvalue weighted by Crippen LogP contribution is 2.39. The highest BCUT2D eigenvalue weighted by Gasteiger charge is 2.50. The molecule has 0 radical (unpaired) electrons. The molecule has 0 saturated carbocycles. The normalized spacial score (nSPS) is 30.8. The molecule has 4 heterocycles. The lowest BCUT2D eigenvalue weighted by molar-refractivity contribution is -0.157. The lowest BCUT2D eigenvalue weighted by Gasteiger charge is -2.53. The molecule has 4 N–H and O–H groups in total. The van der Waals surface area contributed by atoms with Gasteiger partial charge in [-0.2, -0.15) is 0 Å². The maximum Gasteiger partial charge on any atom is 0.243 e. The molecule has 2 amide bonds. The summed E-state index contributed by atoms with van der Waals surface area (Å²) in [6, 6.07) is -0.0826. The molecule has 8 heteroatoms. The molecule has 3 aliphatic rings. The van der Waals surface area contributed by atoms with Crippen molar-refractivity contribution < 1.29 is 9.59 Å². The standard InChI is InChI=1S/C18H27N5O2S/c19-18-22-13(10-26-18)3-2-6-21-17(25)16-12-7-11(8-20-9-12)14-4-1-5-15(24)23(14)16/h10-12,14,16,20H,1-9H2,(H2,19,22)(H,21,25)/t11-,12+,14+,16-/m1/s1. The summed E-state index contributed by atoms with van der Waals surface area (Å²) in [7, 11) is 0. The number of aryl methyl sites for hydroxylation is 1. The quantitative estimate of drug-likeness (QED) is 0.658. The third-order valence-electron chi connectivity index (χ3n) is 5.99. The van der Waals surface area contributed by atoms with Gasteiger partial charge >= 0.3 is 0 Å².